The van der Waals surface area contributed by atoms with E-state index in [2.05, 4.69) is 24.5 Å². The summed E-state index contributed by atoms with van der Waals surface area (Å²) in [6.07, 6.45) is -0.632. The third-order valence-corrected chi connectivity index (χ3v) is 5.48. The summed E-state index contributed by atoms with van der Waals surface area (Å²) in [6.45, 7) is 6.63. The van der Waals surface area contributed by atoms with Crippen LogP contribution in [0.5, 0.6) is 5.75 Å². The Kier molecular flexibility index (Phi) is 8.64. The van der Waals surface area contributed by atoms with Gasteiger partial charge in [0.2, 0.25) is 5.91 Å². The maximum atomic E-state index is 13.0. The molecule has 1 atom stereocenters. The zero-order chi connectivity index (χ0) is 23.6. The van der Waals surface area contributed by atoms with E-state index in [1.165, 1.54) is 5.56 Å². The van der Waals surface area contributed by atoms with Gasteiger partial charge in [0.1, 0.15) is 5.75 Å². The molecule has 5 heteroatoms. The molecule has 0 fully saturated rings. The van der Waals surface area contributed by atoms with Crippen LogP contribution in [0.3, 0.4) is 0 Å². The summed E-state index contributed by atoms with van der Waals surface area (Å²) in [5.74, 6) is 0.373. The van der Waals surface area contributed by atoms with E-state index in [1.807, 2.05) is 84.9 Å². The molecule has 5 nitrogen and oxygen atoms in total. The molecule has 172 valence electrons. The Balaban J connectivity index is 1.49. The number of benzene rings is 3. The molecule has 0 bridgehead atoms. The van der Waals surface area contributed by atoms with E-state index in [0.717, 1.165) is 11.1 Å². The molecular weight excluding hydrogens is 412 g/mol. The van der Waals surface area contributed by atoms with E-state index in [9.17, 15) is 9.59 Å². The first-order chi connectivity index (χ1) is 16.0. The molecule has 1 unspecified atom stereocenters. The minimum atomic E-state index is -0.632. The fraction of sp³-hybridized carbons (Fsp3) is 0.286. The molecule has 0 aromatic heterocycles. The van der Waals surface area contributed by atoms with Gasteiger partial charge in [-0.25, -0.2) is 0 Å². The van der Waals surface area contributed by atoms with Crippen molar-refractivity contribution in [3.8, 4) is 5.75 Å². The highest BCUT2D eigenvalue weighted by molar-refractivity contribution is 5.87. The average molecular weight is 445 g/mol. The van der Waals surface area contributed by atoms with E-state index < -0.39 is 12.0 Å². The van der Waals surface area contributed by atoms with Gasteiger partial charge in [-0.2, -0.15) is 0 Å². The predicted molar refractivity (Wildman–Crippen MR) is 131 cm³/mol. The van der Waals surface area contributed by atoms with Gasteiger partial charge in [-0.3, -0.25) is 9.59 Å². The van der Waals surface area contributed by atoms with Crippen molar-refractivity contribution in [1.82, 2.24) is 10.6 Å². The summed E-state index contributed by atoms with van der Waals surface area (Å²) >= 11 is 0. The smallest absolute Gasteiger partial charge is 0.260 e. The molecule has 3 rings (SSSR count). The van der Waals surface area contributed by atoms with Crippen LogP contribution in [-0.2, 0) is 9.59 Å². The highest BCUT2D eigenvalue weighted by Gasteiger charge is 2.22. The second-order valence-corrected chi connectivity index (χ2v) is 8.32. The first-order valence-corrected chi connectivity index (χ1v) is 11.4. The molecule has 33 heavy (non-hydrogen) atoms. The number of carbonyl (C=O) groups is 2. The lowest BCUT2D eigenvalue weighted by Gasteiger charge is -2.19. The van der Waals surface area contributed by atoms with Gasteiger partial charge in [-0.1, -0.05) is 86.6 Å². The second-order valence-electron chi connectivity index (χ2n) is 8.32. The Morgan fingerprint density at radius 2 is 1.15 bits per heavy atom. The normalized spacial score (nSPS) is 11.8. The van der Waals surface area contributed by atoms with Crippen LogP contribution in [0.1, 0.15) is 49.3 Å². The van der Waals surface area contributed by atoms with Gasteiger partial charge < -0.3 is 15.4 Å². The molecule has 3 aromatic rings. The molecule has 2 N–H and O–H groups in total. The highest BCUT2D eigenvalue weighted by atomic mass is 16.5. The van der Waals surface area contributed by atoms with Crippen LogP contribution in [0.25, 0.3) is 0 Å². The molecule has 0 aliphatic rings. The molecule has 0 aliphatic carbocycles. The quantitative estimate of drug-likeness (QED) is 0.448. The van der Waals surface area contributed by atoms with Crippen LogP contribution in [0.15, 0.2) is 84.9 Å². The Morgan fingerprint density at radius 3 is 1.64 bits per heavy atom. The number of amides is 2. The van der Waals surface area contributed by atoms with Gasteiger partial charge in [-0.15, -0.1) is 0 Å². The lowest BCUT2D eigenvalue weighted by molar-refractivity contribution is -0.127. The maximum Gasteiger partial charge on any atom is 0.260 e. The van der Waals surface area contributed by atoms with Crippen molar-refractivity contribution in [2.45, 2.75) is 38.7 Å². The van der Waals surface area contributed by atoms with Crippen LogP contribution in [0.2, 0.25) is 0 Å². The second kappa shape index (κ2) is 11.9. The molecule has 0 spiro atoms. The van der Waals surface area contributed by atoms with Crippen molar-refractivity contribution in [3.63, 3.8) is 0 Å². The van der Waals surface area contributed by atoms with Gasteiger partial charge in [-0.05, 0) is 41.7 Å². The zero-order valence-electron chi connectivity index (χ0n) is 19.5. The van der Waals surface area contributed by atoms with Gasteiger partial charge in [0, 0.05) is 13.1 Å². The van der Waals surface area contributed by atoms with Gasteiger partial charge in [0.15, 0.2) is 6.10 Å². The third-order valence-electron chi connectivity index (χ3n) is 5.48. The van der Waals surface area contributed by atoms with Crippen molar-refractivity contribution >= 4 is 11.8 Å². The predicted octanol–water partition coefficient (Wildman–Crippen LogP) is 4.64. The minimum absolute atomic E-state index is 0.101. The molecule has 0 radical (unpaired) electrons. The SMILES string of the molecule is CC(Oc1ccc(C(C)C)cc1)C(=O)NCCNC(=O)C(c1ccccc1)c1ccccc1. The molecule has 0 saturated heterocycles. The lowest BCUT2D eigenvalue weighted by atomic mass is 9.90. The lowest BCUT2D eigenvalue weighted by Crippen LogP contribution is -2.41. The monoisotopic (exact) mass is 444 g/mol. The van der Waals surface area contributed by atoms with Crippen molar-refractivity contribution in [3.05, 3.63) is 102 Å². The molecule has 0 heterocycles. The van der Waals surface area contributed by atoms with E-state index in [1.54, 1.807) is 6.92 Å². The first kappa shape index (κ1) is 24.1. The van der Waals surface area contributed by atoms with Crippen LogP contribution in [0, 0.1) is 0 Å². The summed E-state index contributed by atoms with van der Waals surface area (Å²) in [7, 11) is 0. The fourth-order valence-electron chi connectivity index (χ4n) is 3.59. The summed E-state index contributed by atoms with van der Waals surface area (Å²) in [6, 6.07) is 27.2. The first-order valence-electron chi connectivity index (χ1n) is 11.4. The minimum Gasteiger partial charge on any atom is -0.481 e. The van der Waals surface area contributed by atoms with Crippen molar-refractivity contribution in [1.29, 1.82) is 0 Å². The number of hydrogen-bond acceptors (Lipinski definition) is 3. The van der Waals surface area contributed by atoms with Crippen LogP contribution >= 0.6 is 0 Å². The largest absolute Gasteiger partial charge is 0.481 e. The van der Waals surface area contributed by atoms with Gasteiger partial charge >= 0.3 is 0 Å². The van der Waals surface area contributed by atoms with E-state index in [0.29, 0.717) is 24.8 Å². The zero-order valence-corrected chi connectivity index (χ0v) is 19.5. The summed E-state index contributed by atoms with van der Waals surface area (Å²) in [4.78, 5) is 25.4. The molecule has 0 saturated carbocycles. The van der Waals surface area contributed by atoms with Gasteiger partial charge in [0.25, 0.3) is 5.91 Å². The number of hydrogen-bond donors (Lipinski definition) is 2. The highest BCUT2D eigenvalue weighted by Crippen LogP contribution is 2.24. The fourth-order valence-corrected chi connectivity index (χ4v) is 3.59. The molecule has 3 aromatic carbocycles. The number of nitrogens with one attached hydrogen (secondary N) is 2. The van der Waals surface area contributed by atoms with Crippen molar-refractivity contribution < 1.29 is 14.3 Å². The number of ether oxygens (including phenoxy) is 1. The average Bonchev–Trinajstić information content (AvgIpc) is 2.83. The summed E-state index contributed by atoms with van der Waals surface area (Å²) in [5, 5.41) is 5.77. The third kappa shape index (κ3) is 6.94. The summed E-state index contributed by atoms with van der Waals surface area (Å²) in [5.41, 5.74) is 3.07. The Morgan fingerprint density at radius 1 is 0.667 bits per heavy atom. The van der Waals surface area contributed by atoms with Crippen LogP contribution in [-0.4, -0.2) is 31.0 Å². The Hall–Kier alpha value is -3.60. The van der Waals surface area contributed by atoms with E-state index >= 15 is 0 Å². The number of rotatable bonds is 10. The van der Waals surface area contributed by atoms with Crippen LogP contribution < -0.4 is 15.4 Å². The Labute approximate surface area is 196 Å². The number of carbonyl (C=O) groups excluding carboxylic acids is 2. The topological polar surface area (TPSA) is 67.4 Å². The van der Waals surface area contributed by atoms with Gasteiger partial charge in [0.05, 0.1) is 5.92 Å². The standard InChI is InChI=1S/C28H32N2O3/c1-20(2)22-14-16-25(17-15-22)33-21(3)27(31)29-18-19-30-28(32)26(23-10-6-4-7-11-23)24-12-8-5-9-13-24/h4-17,20-21,26H,18-19H2,1-3H3,(H,29,31)(H,30,32). The van der Waals surface area contributed by atoms with E-state index in [4.69, 9.17) is 4.74 Å². The van der Waals surface area contributed by atoms with Crippen molar-refractivity contribution in [2.75, 3.05) is 13.1 Å². The Bertz CT molecular complexity index is 979. The molecule has 0 aliphatic heterocycles. The van der Waals surface area contributed by atoms with Crippen molar-refractivity contribution in [2.24, 2.45) is 0 Å². The van der Waals surface area contributed by atoms with E-state index in [-0.39, 0.29) is 11.8 Å². The van der Waals surface area contributed by atoms with Crippen LogP contribution in [0.4, 0.5) is 0 Å². The summed E-state index contributed by atoms with van der Waals surface area (Å²) < 4.78 is 5.74. The molecule has 2 amide bonds. The maximum absolute atomic E-state index is 13.0. The molecular formula is C28H32N2O3.